The Morgan fingerprint density at radius 3 is 2.00 bits per heavy atom. The Morgan fingerprint density at radius 1 is 0.912 bits per heavy atom. The third-order valence-electron chi connectivity index (χ3n) is 7.17. The fraction of sp³-hybridized carbons (Fsp3) is 0.429. The molecule has 2 fully saturated rings. The number of esters is 1. The molecule has 4 nitrogen and oxygen atoms in total. The highest BCUT2D eigenvalue weighted by atomic mass is 35.5. The van der Waals surface area contributed by atoms with Crippen molar-refractivity contribution in [1.82, 2.24) is 0 Å². The van der Waals surface area contributed by atoms with Gasteiger partial charge in [0.25, 0.3) is 0 Å². The van der Waals surface area contributed by atoms with Crippen LogP contribution in [0.25, 0.3) is 16.7 Å². The first kappa shape index (κ1) is 23.6. The minimum atomic E-state index is -0.683. The molecule has 5 rings (SSSR count). The summed E-state index contributed by atoms with van der Waals surface area (Å²) in [7, 11) is 0. The number of aryl methyl sites for hydroxylation is 2. The SMILES string of the molecule is Cc1cc(-c2cc(Cl)cc(Cl)c2)cc(C)c1C1=C(OC(=O)C(C)(C)C)C2C3CCC(O3)C2C1=O. The number of allylic oxidation sites excluding steroid dienone is 1. The maximum atomic E-state index is 13.8. The Labute approximate surface area is 210 Å². The van der Waals surface area contributed by atoms with E-state index in [9.17, 15) is 9.59 Å². The largest absolute Gasteiger partial charge is 0.429 e. The number of fused-ring (bicyclic) bond motifs is 5. The van der Waals surface area contributed by atoms with Crippen molar-refractivity contribution >= 4 is 40.5 Å². The van der Waals surface area contributed by atoms with E-state index in [-0.39, 0.29) is 35.8 Å². The van der Waals surface area contributed by atoms with Gasteiger partial charge in [-0.25, -0.2) is 0 Å². The standard InChI is InChI=1S/C28H28Cl2O4/c1-13-8-15(16-10-17(29)12-18(30)11-16)9-14(2)21(13)24-25(31)22-19-6-7-20(33-19)23(22)26(24)34-27(32)28(3,4)5/h8-12,19-20,22-23H,6-7H2,1-5H3. The van der Waals surface area contributed by atoms with Gasteiger partial charge in [-0.15, -0.1) is 0 Å². The van der Waals surface area contributed by atoms with Gasteiger partial charge in [-0.2, -0.15) is 0 Å². The van der Waals surface area contributed by atoms with Gasteiger partial charge >= 0.3 is 5.97 Å². The molecule has 2 aliphatic heterocycles. The van der Waals surface area contributed by atoms with Crippen LogP contribution in [-0.4, -0.2) is 24.0 Å². The topological polar surface area (TPSA) is 52.6 Å². The average Bonchev–Trinajstić information content (AvgIpc) is 3.41. The predicted molar refractivity (Wildman–Crippen MR) is 134 cm³/mol. The smallest absolute Gasteiger partial charge is 0.316 e. The summed E-state index contributed by atoms with van der Waals surface area (Å²) in [5.74, 6) is -0.290. The van der Waals surface area contributed by atoms with E-state index in [0.717, 1.165) is 40.7 Å². The van der Waals surface area contributed by atoms with Crippen molar-refractivity contribution < 1.29 is 19.1 Å². The monoisotopic (exact) mass is 498 g/mol. The van der Waals surface area contributed by atoms with E-state index in [4.69, 9.17) is 32.7 Å². The van der Waals surface area contributed by atoms with Crippen molar-refractivity contribution in [1.29, 1.82) is 0 Å². The molecule has 0 amide bonds. The molecule has 2 aromatic carbocycles. The molecular formula is C28H28Cl2O4. The Hall–Kier alpha value is -2.14. The van der Waals surface area contributed by atoms with E-state index in [1.165, 1.54) is 0 Å². The summed E-state index contributed by atoms with van der Waals surface area (Å²) in [6, 6.07) is 9.52. The van der Waals surface area contributed by atoms with Crippen LogP contribution in [0.3, 0.4) is 0 Å². The van der Waals surface area contributed by atoms with E-state index in [1.54, 1.807) is 6.07 Å². The summed E-state index contributed by atoms with van der Waals surface area (Å²) in [5, 5.41) is 1.13. The van der Waals surface area contributed by atoms with Crippen molar-refractivity contribution in [2.24, 2.45) is 17.3 Å². The molecule has 0 N–H and O–H groups in total. The number of ketones is 1. The van der Waals surface area contributed by atoms with Crippen LogP contribution in [0.1, 0.15) is 50.3 Å². The predicted octanol–water partition coefficient (Wildman–Crippen LogP) is 6.95. The van der Waals surface area contributed by atoms with Crippen molar-refractivity contribution in [3.63, 3.8) is 0 Å². The third-order valence-corrected chi connectivity index (χ3v) is 7.60. The number of hydrogen-bond acceptors (Lipinski definition) is 4. The Kier molecular flexibility index (Phi) is 5.70. The molecule has 0 radical (unpaired) electrons. The molecule has 1 aliphatic carbocycles. The summed E-state index contributed by atoms with van der Waals surface area (Å²) < 4.78 is 12.1. The van der Waals surface area contributed by atoms with Crippen molar-refractivity contribution in [2.75, 3.05) is 0 Å². The van der Waals surface area contributed by atoms with Crippen LogP contribution in [0.2, 0.25) is 10.0 Å². The normalized spacial score (nSPS) is 25.8. The first-order chi connectivity index (χ1) is 16.0. The number of ether oxygens (including phenoxy) is 2. The second-order valence-electron chi connectivity index (χ2n) is 10.7. The van der Waals surface area contributed by atoms with Crippen molar-refractivity contribution in [2.45, 2.75) is 59.7 Å². The molecule has 3 aliphatic rings. The number of halogens is 2. The number of carbonyl (C=O) groups is 2. The lowest BCUT2D eigenvalue weighted by atomic mass is 9.80. The quantitative estimate of drug-likeness (QED) is 0.429. The third kappa shape index (κ3) is 3.80. The summed E-state index contributed by atoms with van der Waals surface area (Å²) in [6.07, 6.45) is 1.58. The Morgan fingerprint density at radius 2 is 1.44 bits per heavy atom. The Bertz CT molecular complexity index is 1210. The molecule has 0 spiro atoms. The lowest BCUT2D eigenvalue weighted by molar-refractivity contribution is -0.149. The van der Waals surface area contributed by atoms with E-state index in [0.29, 0.717) is 21.4 Å². The molecular weight excluding hydrogens is 471 g/mol. The van der Waals surface area contributed by atoms with Crippen molar-refractivity contribution in [3.05, 3.63) is 62.8 Å². The minimum absolute atomic E-state index is 0.0265. The molecule has 4 atom stereocenters. The van der Waals surface area contributed by atoms with Gasteiger partial charge in [0.05, 0.1) is 35.0 Å². The van der Waals surface area contributed by atoms with Crippen LogP contribution in [-0.2, 0) is 19.1 Å². The zero-order valence-electron chi connectivity index (χ0n) is 20.0. The van der Waals surface area contributed by atoms with Crippen LogP contribution < -0.4 is 0 Å². The Balaban J connectivity index is 1.65. The van der Waals surface area contributed by atoms with Gasteiger partial charge in [0.1, 0.15) is 5.76 Å². The van der Waals surface area contributed by atoms with Crippen LogP contribution in [0.5, 0.6) is 0 Å². The molecule has 2 heterocycles. The van der Waals surface area contributed by atoms with Gasteiger partial charge in [-0.05, 0) is 93.5 Å². The maximum Gasteiger partial charge on any atom is 0.316 e. The second kappa shape index (κ2) is 8.22. The highest BCUT2D eigenvalue weighted by Crippen LogP contribution is 2.55. The number of Topliss-reactive ketones (excluding diaryl/α,β-unsaturated/α-hetero) is 1. The molecule has 4 unspecified atom stereocenters. The van der Waals surface area contributed by atoms with Gasteiger partial charge in [0.15, 0.2) is 5.78 Å². The highest BCUT2D eigenvalue weighted by Gasteiger charge is 2.60. The summed E-state index contributed by atoms with van der Waals surface area (Å²) >= 11 is 12.5. The van der Waals surface area contributed by atoms with E-state index >= 15 is 0 Å². The fourth-order valence-corrected chi connectivity index (χ4v) is 6.19. The highest BCUT2D eigenvalue weighted by molar-refractivity contribution is 6.35. The summed E-state index contributed by atoms with van der Waals surface area (Å²) in [4.78, 5) is 26.7. The van der Waals surface area contributed by atoms with Crippen LogP contribution in [0.15, 0.2) is 36.1 Å². The summed E-state index contributed by atoms with van der Waals surface area (Å²) in [6.45, 7) is 9.44. The van der Waals surface area contributed by atoms with E-state index in [1.807, 2.05) is 58.9 Å². The average molecular weight is 499 g/mol. The number of rotatable bonds is 3. The number of benzene rings is 2. The summed E-state index contributed by atoms with van der Waals surface area (Å²) in [5.41, 5.74) is 4.44. The van der Waals surface area contributed by atoms with Gasteiger partial charge in [0.2, 0.25) is 0 Å². The first-order valence-electron chi connectivity index (χ1n) is 11.7. The minimum Gasteiger partial charge on any atom is -0.429 e. The van der Waals surface area contributed by atoms with Crippen LogP contribution in [0.4, 0.5) is 0 Å². The van der Waals surface area contributed by atoms with Gasteiger partial charge < -0.3 is 9.47 Å². The molecule has 178 valence electrons. The lowest BCUT2D eigenvalue weighted by Crippen LogP contribution is -2.31. The molecule has 6 heteroatoms. The molecule has 2 bridgehead atoms. The fourth-order valence-electron chi connectivity index (χ4n) is 5.66. The molecule has 0 aromatic heterocycles. The number of hydrogen-bond donors (Lipinski definition) is 0. The first-order valence-corrected chi connectivity index (χ1v) is 12.5. The van der Waals surface area contributed by atoms with Gasteiger partial charge in [0, 0.05) is 10.0 Å². The van der Waals surface area contributed by atoms with E-state index < -0.39 is 5.41 Å². The maximum absolute atomic E-state index is 13.8. The zero-order chi connectivity index (χ0) is 24.5. The van der Waals surface area contributed by atoms with Crippen LogP contribution >= 0.6 is 23.2 Å². The van der Waals surface area contributed by atoms with Crippen molar-refractivity contribution in [3.8, 4) is 11.1 Å². The molecule has 2 aromatic rings. The second-order valence-corrected chi connectivity index (χ2v) is 11.6. The molecule has 0 saturated carbocycles. The molecule has 2 saturated heterocycles. The van der Waals surface area contributed by atoms with Gasteiger partial charge in [-0.1, -0.05) is 35.3 Å². The number of carbonyl (C=O) groups excluding carboxylic acids is 2. The molecule has 34 heavy (non-hydrogen) atoms. The van der Waals surface area contributed by atoms with Gasteiger partial charge in [-0.3, -0.25) is 9.59 Å². The van der Waals surface area contributed by atoms with Crippen LogP contribution in [0, 0.1) is 31.1 Å². The zero-order valence-corrected chi connectivity index (χ0v) is 21.5. The van der Waals surface area contributed by atoms with E-state index in [2.05, 4.69) is 0 Å². The lowest BCUT2D eigenvalue weighted by Gasteiger charge is -2.24.